The topological polar surface area (TPSA) is 0 Å². The number of benzene rings is 1. The first-order chi connectivity index (χ1) is 6.75. The summed E-state index contributed by atoms with van der Waals surface area (Å²) in [4.78, 5) is 1.44. The van der Waals surface area contributed by atoms with Crippen molar-refractivity contribution in [2.24, 2.45) is 0 Å². The van der Waals surface area contributed by atoms with Gasteiger partial charge in [-0.15, -0.1) is 0 Å². The number of hydrogen-bond acceptors (Lipinski definition) is 0. The molecule has 1 rings (SSSR count). The molecule has 0 aliphatic carbocycles. The molecule has 16 heavy (non-hydrogen) atoms. The van der Waals surface area contributed by atoms with Gasteiger partial charge >= 0.3 is 33.0 Å². The van der Waals surface area contributed by atoms with Gasteiger partial charge in [-0.2, -0.15) is 0 Å². The van der Waals surface area contributed by atoms with Crippen molar-refractivity contribution in [3.05, 3.63) is 30.3 Å². The fourth-order valence-corrected chi connectivity index (χ4v) is 1.39. The summed E-state index contributed by atoms with van der Waals surface area (Å²) in [6.07, 6.45) is 4.46. The molecule has 0 saturated heterocycles. The van der Waals surface area contributed by atoms with Crippen molar-refractivity contribution in [2.75, 3.05) is 12.5 Å². The van der Waals surface area contributed by atoms with Gasteiger partial charge in [0.25, 0.3) is 0 Å². The quantitative estimate of drug-likeness (QED) is 0.372. The zero-order valence-corrected chi connectivity index (χ0v) is 10.2. The monoisotopic (exact) mass is 284 g/mol. The molecular weight excluding hydrogens is 273 g/mol. The number of halogens is 6. The second-order valence-corrected chi connectivity index (χ2v) is 7.11. The van der Waals surface area contributed by atoms with Crippen molar-refractivity contribution >= 4 is 18.7 Å². The number of hydrogen-bond donors (Lipinski definition) is 0. The molecule has 0 saturated carbocycles. The van der Waals surface area contributed by atoms with Crippen molar-refractivity contribution in [3.8, 4) is 0 Å². The van der Waals surface area contributed by atoms with E-state index < -0.39 is 7.81 Å². The molecule has 0 spiro atoms. The van der Waals surface area contributed by atoms with Crippen LogP contribution < -0.4 is 0 Å². The second kappa shape index (κ2) is 4.11. The van der Waals surface area contributed by atoms with Gasteiger partial charge in [-0.05, 0) is 12.1 Å². The Hall–Kier alpha value is -0.420. The van der Waals surface area contributed by atoms with Crippen molar-refractivity contribution in [1.29, 1.82) is 0 Å². The van der Waals surface area contributed by atoms with Crippen LogP contribution >= 0.6 is 7.81 Å². The van der Waals surface area contributed by atoms with Crippen molar-refractivity contribution in [2.45, 2.75) is 4.90 Å². The minimum absolute atomic E-state index is 0.421. The summed E-state index contributed by atoms with van der Waals surface area (Å²) in [5.74, 6) is 0. The van der Waals surface area contributed by atoms with Gasteiger partial charge in [0.1, 0.15) is 12.5 Å². The van der Waals surface area contributed by atoms with Crippen LogP contribution in [0.15, 0.2) is 35.2 Å². The zero-order chi connectivity index (χ0) is 13.1. The molecule has 0 amide bonds. The Kier molecular flexibility index (Phi) is 4.00. The first-order valence-corrected chi connectivity index (χ1v) is 8.02. The van der Waals surface area contributed by atoms with Crippen LogP contribution in [0.25, 0.3) is 0 Å². The second-order valence-electron chi connectivity index (χ2n) is 3.09. The average Bonchev–Trinajstić information content (AvgIpc) is 2.00. The fraction of sp³-hybridized carbons (Fsp3) is 0.250. The van der Waals surface area contributed by atoms with Gasteiger partial charge in [-0.25, -0.2) is 0 Å². The maximum absolute atomic E-state index is 10.7. The molecule has 0 aliphatic heterocycles. The molecule has 0 aliphatic rings. The molecule has 0 radical (unpaired) electrons. The molecule has 96 valence electrons. The Labute approximate surface area is 92.2 Å². The minimum atomic E-state index is -10.7. The van der Waals surface area contributed by atoms with Gasteiger partial charge in [-0.3, -0.25) is 0 Å². The molecule has 0 unspecified atom stereocenters. The van der Waals surface area contributed by atoms with E-state index in [-0.39, 0.29) is 0 Å². The average molecular weight is 284 g/mol. The van der Waals surface area contributed by atoms with E-state index in [2.05, 4.69) is 42.8 Å². The third-order valence-electron chi connectivity index (χ3n) is 1.21. The maximum atomic E-state index is 9.87. The molecule has 1 aromatic rings. The number of rotatable bonds is 1. The van der Waals surface area contributed by atoms with Crippen LogP contribution in [0.1, 0.15) is 0 Å². The van der Waals surface area contributed by atoms with Crippen molar-refractivity contribution in [1.82, 2.24) is 0 Å². The molecule has 0 nitrogen and oxygen atoms in total. The zero-order valence-electron chi connectivity index (χ0n) is 8.51. The Balaban J connectivity index is 0.000000293. The van der Waals surface area contributed by atoms with E-state index in [4.69, 9.17) is 0 Å². The summed E-state index contributed by atoms with van der Waals surface area (Å²) in [5, 5.41) is 0. The molecule has 8 heteroatoms. The van der Waals surface area contributed by atoms with E-state index in [1.807, 2.05) is 0 Å². The molecule has 0 bridgehead atoms. The third-order valence-corrected chi connectivity index (χ3v) is 2.43. The summed E-state index contributed by atoms with van der Waals surface area (Å²) in [6.45, 7) is 0. The van der Waals surface area contributed by atoms with Gasteiger partial charge in [0.15, 0.2) is 4.90 Å². The van der Waals surface area contributed by atoms with Gasteiger partial charge < -0.3 is 0 Å². The molecule has 0 fully saturated rings. The van der Waals surface area contributed by atoms with Crippen LogP contribution in [0.2, 0.25) is 0 Å². The van der Waals surface area contributed by atoms with E-state index >= 15 is 0 Å². The fourth-order valence-electron chi connectivity index (χ4n) is 0.693. The van der Waals surface area contributed by atoms with E-state index in [9.17, 15) is 25.2 Å². The van der Waals surface area contributed by atoms with Gasteiger partial charge in [0.05, 0.1) is 0 Å². The molecule has 0 aromatic heterocycles. The normalized spacial score (nSPS) is 15.8. The van der Waals surface area contributed by atoms with Crippen LogP contribution in [-0.4, -0.2) is 12.5 Å². The van der Waals surface area contributed by atoms with Gasteiger partial charge in [0, 0.05) is 10.9 Å². The van der Waals surface area contributed by atoms with Crippen LogP contribution in [0, 0.1) is 0 Å². The predicted octanol–water partition coefficient (Wildman–Crippen LogP) is 5.31. The van der Waals surface area contributed by atoms with E-state index in [1.165, 1.54) is 4.90 Å². The summed E-state index contributed by atoms with van der Waals surface area (Å²) < 4.78 is 59.2. The predicted molar refractivity (Wildman–Crippen MR) is 57.5 cm³/mol. The first-order valence-electron chi connectivity index (χ1n) is 3.95. The van der Waals surface area contributed by atoms with Crippen molar-refractivity contribution in [3.63, 3.8) is 0 Å². The van der Waals surface area contributed by atoms with E-state index in [1.54, 1.807) is 0 Å². The first kappa shape index (κ1) is 15.6. The van der Waals surface area contributed by atoms with E-state index in [0.717, 1.165) is 0 Å². The Morgan fingerprint density at radius 3 is 1.31 bits per heavy atom. The van der Waals surface area contributed by atoms with E-state index in [0.29, 0.717) is 10.9 Å². The van der Waals surface area contributed by atoms with Crippen LogP contribution in [0.3, 0.4) is 0 Å². The SMILES string of the molecule is C[S+](C)c1ccccc1.F[P-](F)(F)(F)(F)F. The van der Waals surface area contributed by atoms with Gasteiger partial charge in [-0.1, -0.05) is 18.2 Å². The molecule has 0 N–H and O–H groups in total. The molecule has 0 atom stereocenters. The Morgan fingerprint density at radius 2 is 1.12 bits per heavy atom. The Bertz CT molecular complexity index is 317. The van der Waals surface area contributed by atoms with Crippen LogP contribution in [0.4, 0.5) is 25.2 Å². The van der Waals surface area contributed by atoms with Crippen LogP contribution in [-0.2, 0) is 10.9 Å². The standard InChI is InChI=1S/C8H11S.F6P/c1-9(2)8-6-4-3-5-7-8;1-7(2,3,4,5)6/h3-7H,1-2H3;/q+1;-1. The Morgan fingerprint density at radius 1 is 0.812 bits per heavy atom. The van der Waals surface area contributed by atoms with Gasteiger partial charge in [0.2, 0.25) is 0 Å². The molecule has 1 aromatic carbocycles. The summed E-state index contributed by atoms with van der Waals surface area (Å²) in [7, 11) is -10.2. The van der Waals surface area contributed by atoms with Crippen LogP contribution in [0.5, 0.6) is 0 Å². The summed E-state index contributed by atoms with van der Waals surface area (Å²) in [6, 6.07) is 10.6. The van der Waals surface area contributed by atoms with Crippen molar-refractivity contribution < 1.29 is 25.2 Å². The molecular formula is C8H11F6PS. The molecule has 0 heterocycles. The third kappa shape index (κ3) is 16.0. The summed E-state index contributed by atoms with van der Waals surface area (Å²) >= 11 is 0. The summed E-state index contributed by atoms with van der Waals surface area (Å²) in [5.41, 5.74) is 0.